The summed E-state index contributed by atoms with van der Waals surface area (Å²) in [6.45, 7) is 7.38. The van der Waals surface area contributed by atoms with E-state index in [2.05, 4.69) is 21.2 Å². The third kappa shape index (κ3) is 6.59. The fourth-order valence-corrected chi connectivity index (χ4v) is 3.29. The zero-order chi connectivity index (χ0) is 19.3. The Morgan fingerprint density at radius 1 is 1.31 bits per heavy atom. The van der Waals surface area contributed by atoms with Crippen LogP contribution in [0.25, 0.3) is 0 Å². The van der Waals surface area contributed by atoms with E-state index in [1.807, 2.05) is 25.7 Å². The number of rotatable bonds is 4. The maximum absolute atomic E-state index is 13.3. The predicted octanol–water partition coefficient (Wildman–Crippen LogP) is 3.89. The molecule has 0 bridgehead atoms. The lowest BCUT2D eigenvalue weighted by molar-refractivity contribution is -0.131. The Labute approximate surface area is 162 Å². The zero-order valence-electron chi connectivity index (χ0n) is 15.5. The molecule has 1 aliphatic rings. The molecule has 1 aromatic carbocycles. The average molecular weight is 429 g/mol. The van der Waals surface area contributed by atoms with Gasteiger partial charge in [-0.1, -0.05) is 6.07 Å². The fraction of sp³-hybridized carbons (Fsp3) is 0.579. The molecular weight excluding hydrogens is 403 g/mol. The van der Waals surface area contributed by atoms with Crippen molar-refractivity contribution in [1.82, 2.24) is 10.2 Å². The number of likely N-dealkylation sites (tertiary alicyclic amines) is 1. The quantitative estimate of drug-likeness (QED) is 0.790. The van der Waals surface area contributed by atoms with E-state index in [9.17, 15) is 14.0 Å². The highest BCUT2D eigenvalue weighted by Gasteiger charge is 2.24. The normalized spacial score (nSPS) is 15.7. The van der Waals surface area contributed by atoms with Crippen LogP contribution >= 0.6 is 15.9 Å². The van der Waals surface area contributed by atoms with E-state index in [1.54, 1.807) is 12.1 Å². The molecule has 26 heavy (non-hydrogen) atoms. The molecule has 0 aliphatic carbocycles. The summed E-state index contributed by atoms with van der Waals surface area (Å²) in [5.74, 6) is 0.0492. The van der Waals surface area contributed by atoms with Crippen LogP contribution in [0.2, 0.25) is 0 Å². The van der Waals surface area contributed by atoms with Gasteiger partial charge in [0.05, 0.1) is 10.9 Å². The minimum Gasteiger partial charge on any atom is -0.444 e. The number of nitrogens with one attached hydrogen (secondary N) is 1. The maximum Gasteiger partial charge on any atom is 0.407 e. The molecule has 1 saturated heterocycles. The minimum atomic E-state index is -0.505. The number of benzene rings is 1. The third-order valence-electron chi connectivity index (χ3n) is 4.24. The SMILES string of the molecule is CC(C)(C)OC(=O)NCC1CCN(C(=O)Cc2ccc(F)c(Br)c2)CC1. The highest BCUT2D eigenvalue weighted by atomic mass is 79.9. The second-order valence-electron chi connectivity index (χ2n) is 7.63. The summed E-state index contributed by atoms with van der Waals surface area (Å²) in [6.07, 6.45) is 1.54. The molecule has 0 unspecified atom stereocenters. The Morgan fingerprint density at radius 3 is 2.54 bits per heavy atom. The highest BCUT2D eigenvalue weighted by molar-refractivity contribution is 9.10. The van der Waals surface area contributed by atoms with Crippen molar-refractivity contribution in [2.24, 2.45) is 5.92 Å². The van der Waals surface area contributed by atoms with Crippen LogP contribution in [0.15, 0.2) is 22.7 Å². The van der Waals surface area contributed by atoms with E-state index < -0.39 is 11.7 Å². The molecule has 0 spiro atoms. The number of carbonyl (C=O) groups excluding carboxylic acids is 2. The lowest BCUT2D eigenvalue weighted by Crippen LogP contribution is -2.42. The van der Waals surface area contributed by atoms with Gasteiger partial charge in [0.1, 0.15) is 11.4 Å². The van der Waals surface area contributed by atoms with Gasteiger partial charge in [0.15, 0.2) is 0 Å². The summed E-state index contributed by atoms with van der Waals surface area (Å²) in [7, 11) is 0. The number of piperidine rings is 1. The van der Waals surface area contributed by atoms with E-state index in [0.29, 0.717) is 30.0 Å². The number of alkyl carbamates (subject to hydrolysis) is 1. The third-order valence-corrected chi connectivity index (χ3v) is 4.85. The number of nitrogens with zero attached hydrogens (tertiary/aromatic N) is 1. The van der Waals surface area contributed by atoms with Crippen LogP contribution in [0.4, 0.5) is 9.18 Å². The van der Waals surface area contributed by atoms with Gasteiger partial charge in [-0.05, 0) is 73.2 Å². The number of amides is 2. The van der Waals surface area contributed by atoms with Gasteiger partial charge in [0.25, 0.3) is 0 Å². The Hall–Kier alpha value is -1.63. The average Bonchev–Trinajstić information content (AvgIpc) is 2.55. The van der Waals surface area contributed by atoms with Gasteiger partial charge in [-0.2, -0.15) is 0 Å². The summed E-state index contributed by atoms with van der Waals surface area (Å²) in [5.41, 5.74) is 0.284. The number of halogens is 2. The Kier molecular flexibility index (Phi) is 7.03. The second-order valence-corrected chi connectivity index (χ2v) is 8.49. The molecule has 2 rings (SSSR count). The first-order valence-corrected chi connectivity index (χ1v) is 9.62. The molecule has 1 aliphatic heterocycles. The predicted molar refractivity (Wildman–Crippen MR) is 101 cm³/mol. The first-order chi connectivity index (χ1) is 12.1. The van der Waals surface area contributed by atoms with Crippen molar-refractivity contribution in [1.29, 1.82) is 0 Å². The van der Waals surface area contributed by atoms with E-state index in [1.165, 1.54) is 6.07 Å². The zero-order valence-corrected chi connectivity index (χ0v) is 17.1. The summed E-state index contributed by atoms with van der Waals surface area (Å²) < 4.78 is 18.9. The molecule has 0 saturated carbocycles. The highest BCUT2D eigenvalue weighted by Crippen LogP contribution is 2.20. The lowest BCUT2D eigenvalue weighted by atomic mass is 9.96. The van der Waals surface area contributed by atoms with Crippen molar-refractivity contribution in [3.05, 3.63) is 34.1 Å². The van der Waals surface area contributed by atoms with Crippen LogP contribution in [0, 0.1) is 11.7 Å². The number of ether oxygens (including phenoxy) is 1. The molecule has 7 heteroatoms. The van der Waals surface area contributed by atoms with Crippen molar-refractivity contribution in [3.8, 4) is 0 Å². The summed E-state index contributed by atoms with van der Waals surface area (Å²) in [4.78, 5) is 26.0. The van der Waals surface area contributed by atoms with Crippen molar-refractivity contribution in [3.63, 3.8) is 0 Å². The fourth-order valence-electron chi connectivity index (χ4n) is 2.86. The first-order valence-electron chi connectivity index (χ1n) is 8.82. The van der Waals surface area contributed by atoms with E-state index in [0.717, 1.165) is 18.4 Å². The molecule has 1 aromatic rings. The molecule has 5 nitrogen and oxygen atoms in total. The second kappa shape index (κ2) is 8.84. The monoisotopic (exact) mass is 428 g/mol. The molecule has 144 valence electrons. The first kappa shape index (κ1) is 20.7. The topological polar surface area (TPSA) is 58.6 Å². The van der Waals surface area contributed by atoms with Gasteiger partial charge in [0.2, 0.25) is 5.91 Å². The van der Waals surface area contributed by atoms with Crippen molar-refractivity contribution in [2.75, 3.05) is 19.6 Å². The van der Waals surface area contributed by atoms with Crippen molar-refractivity contribution < 1.29 is 18.7 Å². The van der Waals surface area contributed by atoms with Gasteiger partial charge in [-0.15, -0.1) is 0 Å². The molecule has 2 amide bonds. The van der Waals surface area contributed by atoms with Crippen LogP contribution in [0.5, 0.6) is 0 Å². The Balaban J connectivity index is 1.74. The van der Waals surface area contributed by atoms with Crippen LogP contribution in [0.1, 0.15) is 39.2 Å². The summed E-state index contributed by atoms with van der Waals surface area (Å²) in [6, 6.07) is 4.64. The van der Waals surface area contributed by atoms with Gasteiger partial charge >= 0.3 is 6.09 Å². The van der Waals surface area contributed by atoms with Gasteiger partial charge in [-0.3, -0.25) is 4.79 Å². The van der Waals surface area contributed by atoms with Crippen molar-refractivity contribution >= 4 is 27.9 Å². The maximum atomic E-state index is 13.3. The van der Waals surface area contributed by atoms with Crippen molar-refractivity contribution in [2.45, 2.75) is 45.6 Å². The smallest absolute Gasteiger partial charge is 0.407 e. The molecule has 0 atom stereocenters. The van der Waals surface area contributed by atoms with Crippen LogP contribution < -0.4 is 5.32 Å². The van der Waals surface area contributed by atoms with Crippen LogP contribution in [-0.2, 0) is 16.0 Å². The molecule has 0 radical (unpaired) electrons. The molecule has 1 fully saturated rings. The summed E-state index contributed by atoms with van der Waals surface area (Å²) in [5, 5.41) is 2.80. The van der Waals surface area contributed by atoms with E-state index in [-0.39, 0.29) is 18.1 Å². The van der Waals surface area contributed by atoms with Gasteiger partial charge in [0, 0.05) is 19.6 Å². The standard InChI is InChI=1S/C19H26BrFN2O3/c1-19(2,3)26-18(25)22-12-13-6-8-23(9-7-13)17(24)11-14-4-5-16(21)15(20)10-14/h4-5,10,13H,6-9,11-12H2,1-3H3,(H,22,25). The number of carbonyl (C=O) groups is 2. The molecule has 0 aromatic heterocycles. The number of hydrogen-bond donors (Lipinski definition) is 1. The van der Waals surface area contributed by atoms with Gasteiger partial charge in [-0.25, -0.2) is 9.18 Å². The van der Waals surface area contributed by atoms with Crippen LogP contribution in [-0.4, -0.2) is 42.1 Å². The van der Waals surface area contributed by atoms with E-state index >= 15 is 0 Å². The Morgan fingerprint density at radius 2 is 1.96 bits per heavy atom. The van der Waals surface area contributed by atoms with Gasteiger partial charge < -0.3 is 15.0 Å². The molecule has 1 N–H and O–H groups in total. The molecule has 1 heterocycles. The van der Waals surface area contributed by atoms with Crippen LogP contribution in [0.3, 0.4) is 0 Å². The number of hydrogen-bond acceptors (Lipinski definition) is 3. The summed E-state index contributed by atoms with van der Waals surface area (Å²) >= 11 is 3.14. The largest absolute Gasteiger partial charge is 0.444 e. The van der Waals surface area contributed by atoms with E-state index in [4.69, 9.17) is 4.74 Å². The molecular formula is C19H26BrFN2O3. The minimum absolute atomic E-state index is 0.0436. The Bertz CT molecular complexity index is 653. The lowest BCUT2D eigenvalue weighted by Gasteiger charge is -2.32.